The second-order valence-corrected chi connectivity index (χ2v) is 5.69. The van der Waals surface area contributed by atoms with E-state index in [2.05, 4.69) is 53.8 Å². The molecule has 3 rings (SSSR count). The van der Waals surface area contributed by atoms with Crippen molar-refractivity contribution in [2.75, 3.05) is 7.05 Å². The highest BCUT2D eigenvalue weighted by Gasteiger charge is 2.26. The fraction of sp³-hybridized carbons (Fsp3) is 0.368. The Balaban J connectivity index is 1.75. The third kappa shape index (κ3) is 3.34. The maximum atomic E-state index is 6.25. The standard InChI is InChI=1S/C19H23NO/c1-20-19-17-12-6-5-10-16(17)11-7-13-18(19)21-14-15-8-3-2-4-9-15/h2-6,8-10,12,18-20H,7,11,13-14H2,1H3. The van der Waals surface area contributed by atoms with Crippen LogP contribution >= 0.6 is 0 Å². The van der Waals surface area contributed by atoms with Crippen LogP contribution in [0.25, 0.3) is 0 Å². The van der Waals surface area contributed by atoms with Crippen LogP contribution in [-0.4, -0.2) is 13.2 Å². The van der Waals surface area contributed by atoms with Gasteiger partial charge in [0.2, 0.25) is 0 Å². The van der Waals surface area contributed by atoms with Gasteiger partial charge in [0.25, 0.3) is 0 Å². The molecule has 2 heteroatoms. The summed E-state index contributed by atoms with van der Waals surface area (Å²) < 4.78 is 6.25. The second-order valence-electron chi connectivity index (χ2n) is 5.69. The molecule has 0 spiro atoms. The largest absolute Gasteiger partial charge is 0.372 e. The SMILES string of the molecule is CNC1c2ccccc2CCCC1OCc1ccccc1. The Hall–Kier alpha value is -1.64. The lowest BCUT2D eigenvalue weighted by Crippen LogP contribution is -2.31. The van der Waals surface area contributed by atoms with Gasteiger partial charge in [-0.25, -0.2) is 0 Å². The molecular weight excluding hydrogens is 258 g/mol. The fourth-order valence-electron chi connectivity index (χ4n) is 3.22. The van der Waals surface area contributed by atoms with Gasteiger partial charge in [-0.05, 0) is 43.0 Å². The summed E-state index contributed by atoms with van der Waals surface area (Å²) in [7, 11) is 2.03. The van der Waals surface area contributed by atoms with Crippen molar-refractivity contribution < 1.29 is 4.74 Å². The number of ether oxygens (including phenoxy) is 1. The highest BCUT2D eigenvalue weighted by Crippen LogP contribution is 2.31. The summed E-state index contributed by atoms with van der Waals surface area (Å²) in [5.41, 5.74) is 4.10. The van der Waals surface area contributed by atoms with Gasteiger partial charge in [-0.2, -0.15) is 0 Å². The quantitative estimate of drug-likeness (QED) is 0.859. The van der Waals surface area contributed by atoms with E-state index in [4.69, 9.17) is 4.74 Å². The number of hydrogen-bond acceptors (Lipinski definition) is 2. The molecule has 2 unspecified atom stereocenters. The van der Waals surface area contributed by atoms with Crippen molar-refractivity contribution >= 4 is 0 Å². The minimum Gasteiger partial charge on any atom is -0.372 e. The van der Waals surface area contributed by atoms with Crippen LogP contribution in [-0.2, 0) is 17.8 Å². The molecule has 110 valence electrons. The van der Waals surface area contributed by atoms with Crippen molar-refractivity contribution in [1.29, 1.82) is 0 Å². The first-order valence-corrected chi connectivity index (χ1v) is 7.79. The molecular formula is C19H23NO. The van der Waals surface area contributed by atoms with E-state index in [0.717, 1.165) is 12.8 Å². The Morgan fingerprint density at radius 2 is 1.81 bits per heavy atom. The summed E-state index contributed by atoms with van der Waals surface area (Å²) in [6.45, 7) is 0.686. The minimum atomic E-state index is 0.235. The summed E-state index contributed by atoms with van der Waals surface area (Å²) in [5, 5.41) is 3.46. The number of aryl methyl sites for hydroxylation is 1. The van der Waals surface area contributed by atoms with Crippen molar-refractivity contribution in [3.05, 3.63) is 71.3 Å². The van der Waals surface area contributed by atoms with Crippen LogP contribution in [0.3, 0.4) is 0 Å². The summed E-state index contributed by atoms with van der Waals surface area (Å²) in [6.07, 6.45) is 3.68. The van der Waals surface area contributed by atoms with Crippen molar-refractivity contribution in [2.45, 2.75) is 38.0 Å². The molecule has 0 saturated carbocycles. The van der Waals surface area contributed by atoms with Crippen molar-refractivity contribution in [3.63, 3.8) is 0 Å². The lowest BCUT2D eigenvalue weighted by molar-refractivity contribution is 0.0111. The van der Waals surface area contributed by atoms with Gasteiger partial charge in [-0.15, -0.1) is 0 Å². The van der Waals surface area contributed by atoms with Crippen molar-refractivity contribution in [1.82, 2.24) is 5.32 Å². The average Bonchev–Trinajstić information content (AvgIpc) is 2.72. The van der Waals surface area contributed by atoms with Crippen LogP contribution in [0.5, 0.6) is 0 Å². The Labute approximate surface area is 127 Å². The fourth-order valence-corrected chi connectivity index (χ4v) is 3.22. The predicted molar refractivity (Wildman–Crippen MR) is 86.2 cm³/mol. The zero-order valence-electron chi connectivity index (χ0n) is 12.6. The van der Waals surface area contributed by atoms with Crippen LogP contribution in [0.2, 0.25) is 0 Å². The molecule has 1 N–H and O–H groups in total. The number of nitrogens with one attached hydrogen (secondary N) is 1. The van der Waals surface area contributed by atoms with E-state index in [1.54, 1.807) is 0 Å². The molecule has 2 nitrogen and oxygen atoms in total. The van der Waals surface area contributed by atoms with Crippen molar-refractivity contribution in [2.24, 2.45) is 0 Å². The van der Waals surface area contributed by atoms with Gasteiger partial charge in [0.1, 0.15) is 0 Å². The molecule has 1 aliphatic rings. The van der Waals surface area contributed by atoms with Crippen LogP contribution in [0.15, 0.2) is 54.6 Å². The topological polar surface area (TPSA) is 21.3 Å². The first-order valence-electron chi connectivity index (χ1n) is 7.79. The molecule has 0 heterocycles. The Morgan fingerprint density at radius 1 is 1.05 bits per heavy atom. The van der Waals surface area contributed by atoms with Gasteiger partial charge in [0.15, 0.2) is 0 Å². The molecule has 0 radical (unpaired) electrons. The Bertz CT molecular complexity index is 567. The first kappa shape index (κ1) is 14.3. The number of benzene rings is 2. The summed E-state index contributed by atoms with van der Waals surface area (Å²) in [4.78, 5) is 0. The van der Waals surface area contributed by atoms with E-state index in [0.29, 0.717) is 6.61 Å². The second kappa shape index (κ2) is 6.88. The van der Waals surface area contributed by atoms with Crippen LogP contribution in [0.4, 0.5) is 0 Å². The van der Waals surface area contributed by atoms with E-state index in [1.807, 2.05) is 13.1 Å². The van der Waals surface area contributed by atoms with Gasteiger partial charge in [-0.3, -0.25) is 0 Å². The van der Waals surface area contributed by atoms with E-state index in [-0.39, 0.29) is 12.1 Å². The van der Waals surface area contributed by atoms with Gasteiger partial charge in [0, 0.05) is 0 Å². The first-order chi connectivity index (χ1) is 10.4. The molecule has 0 fully saturated rings. The zero-order chi connectivity index (χ0) is 14.5. The summed E-state index contributed by atoms with van der Waals surface area (Å²) in [6, 6.07) is 19.5. The van der Waals surface area contributed by atoms with Gasteiger partial charge >= 0.3 is 0 Å². The molecule has 0 aliphatic heterocycles. The third-order valence-corrected chi connectivity index (χ3v) is 4.31. The lowest BCUT2D eigenvalue weighted by atomic mass is 9.98. The van der Waals surface area contributed by atoms with Crippen LogP contribution in [0.1, 0.15) is 35.6 Å². The number of fused-ring (bicyclic) bond motifs is 1. The zero-order valence-corrected chi connectivity index (χ0v) is 12.6. The van der Waals surface area contributed by atoms with Gasteiger partial charge < -0.3 is 10.1 Å². The lowest BCUT2D eigenvalue weighted by Gasteiger charge is -2.26. The molecule has 21 heavy (non-hydrogen) atoms. The summed E-state index contributed by atoms with van der Waals surface area (Å²) >= 11 is 0. The highest BCUT2D eigenvalue weighted by molar-refractivity contribution is 5.32. The molecule has 0 saturated heterocycles. The van der Waals surface area contributed by atoms with Crippen molar-refractivity contribution in [3.8, 4) is 0 Å². The van der Waals surface area contributed by atoms with Crippen LogP contribution < -0.4 is 5.32 Å². The molecule has 1 aliphatic carbocycles. The van der Waals surface area contributed by atoms with Crippen LogP contribution in [0, 0.1) is 0 Å². The van der Waals surface area contributed by atoms with Gasteiger partial charge in [-0.1, -0.05) is 54.6 Å². The Morgan fingerprint density at radius 3 is 2.62 bits per heavy atom. The normalized spacial score (nSPS) is 21.6. The van der Waals surface area contributed by atoms with Gasteiger partial charge in [0.05, 0.1) is 18.8 Å². The minimum absolute atomic E-state index is 0.235. The van der Waals surface area contributed by atoms with E-state index in [9.17, 15) is 0 Å². The predicted octanol–water partition coefficient (Wildman–Crippen LogP) is 3.87. The molecule has 2 aromatic rings. The Kier molecular flexibility index (Phi) is 4.69. The average molecular weight is 281 g/mol. The highest BCUT2D eigenvalue weighted by atomic mass is 16.5. The number of likely N-dealkylation sites (N-methyl/N-ethyl adjacent to an activating group) is 1. The molecule has 0 bridgehead atoms. The smallest absolute Gasteiger partial charge is 0.0774 e. The number of hydrogen-bond donors (Lipinski definition) is 1. The third-order valence-electron chi connectivity index (χ3n) is 4.31. The molecule has 0 amide bonds. The van der Waals surface area contributed by atoms with E-state index < -0.39 is 0 Å². The maximum absolute atomic E-state index is 6.25. The summed E-state index contributed by atoms with van der Waals surface area (Å²) in [5.74, 6) is 0. The molecule has 0 aromatic heterocycles. The maximum Gasteiger partial charge on any atom is 0.0774 e. The number of rotatable bonds is 4. The molecule has 2 atom stereocenters. The van der Waals surface area contributed by atoms with E-state index >= 15 is 0 Å². The molecule has 2 aromatic carbocycles. The monoisotopic (exact) mass is 281 g/mol. The van der Waals surface area contributed by atoms with E-state index in [1.165, 1.54) is 23.1 Å².